The van der Waals surface area contributed by atoms with E-state index < -0.39 is 35.4 Å². The van der Waals surface area contributed by atoms with Crippen LogP contribution in [0.4, 0.5) is 0 Å². The average molecular weight is 377 g/mol. The molecule has 2 atom stereocenters. The Morgan fingerprint density at radius 3 is 1.84 bits per heavy atom. The van der Waals surface area contributed by atoms with Crippen LogP contribution in [0.3, 0.4) is 0 Å². The molecule has 0 radical (unpaired) electrons. The van der Waals surface area contributed by atoms with Gasteiger partial charge in [-0.25, -0.2) is 0 Å². The summed E-state index contributed by atoms with van der Waals surface area (Å²) in [7, 11) is 0. The van der Waals surface area contributed by atoms with Crippen molar-refractivity contribution in [3.05, 3.63) is 0 Å². The van der Waals surface area contributed by atoms with Crippen molar-refractivity contribution >= 4 is 47.8 Å². The van der Waals surface area contributed by atoms with Gasteiger partial charge in [0.1, 0.15) is 11.0 Å². The maximum absolute atomic E-state index is 11.3. The van der Waals surface area contributed by atoms with Crippen LogP contribution in [0.2, 0.25) is 0 Å². The molecule has 144 valence electrons. The Balaban J connectivity index is -0.000000700. The molecule has 0 fully saturated rings. The first-order valence-electron chi connectivity index (χ1n) is 7.32. The van der Waals surface area contributed by atoms with Gasteiger partial charge in [-0.15, -0.1) is 11.8 Å². The van der Waals surface area contributed by atoms with Gasteiger partial charge in [-0.3, -0.25) is 19.2 Å². The Kier molecular flexibility index (Phi) is 20.0. The molecule has 0 heterocycles. The maximum Gasteiger partial charge on any atom is 0.317 e. The number of nitrogens with one attached hydrogen (secondary N) is 2. The Labute approximate surface area is 151 Å². The molecule has 0 saturated heterocycles. The molecule has 9 nitrogen and oxygen atoms in total. The monoisotopic (exact) mass is 377 g/mol. The lowest BCUT2D eigenvalue weighted by Gasteiger charge is -2.15. The molecular weight excluding hydrogens is 350 g/mol. The second-order valence-electron chi connectivity index (χ2n) is 4.65. The normalized spacial score (nSPS) is 11.3. The summed E-state index contributed by atoms with van der Waals surface area (Å²) in [6.07, 6.45) is 2.28. The molecule has 0 aromatic carbocycles. The highest BCUT2D eigenvalue weighted by atomic mass is 32.2. The second-order valence-corrected chi connectivity index (χ2v) is 5.88. The maximum atomic E-state index is 11.3. The van der Waals surface area contributed by atoms with Crippen molar-refractivity contribution in [1.82, 2.24) is 0 Å². The summed E-state index contributed by atoms with van der Waals surface area (Å²) in [5, 5.41) is 28.5. The topological polar surface area (TPSA) is 182 Å². The molecule has 25 heavy (non-hydrogen) atoms. The first-order chi connectivity index (χ1) is 11.6. The summed E-state index contributed by atoms with van der Waals surface area (Å²) in [5.41, 5.74) is 4.98. The van der Waals surface area contributed by atoms with Gasteiger partial charge in [0, 0.05) is 18.1 Å². The lowest BCUT2D eigenvalue weighted by atomic mass is 10.0. The first kappa shape index (κ1) is 27.6. The Hall–Kier alpha value is -2.23. The highest BCUT2D eigenvalue weighted by Crippen LogP contribution is 2.22. The molecule has 0 aliphatic rings. The minimum atomic E-state index is -1.23. The van der Waals surface area contributed by atoms with E-state index in [0.29, 0.717) is 0 Å². The molecular formula is C15H27N3O6S. The fourth-order valence-corrected chi connectivity index (χ4v) is 2.60. The molecule has 0 aromatic rings. The number of carbonyl (C=O) groups is 4. The summed E-state index contributed by atoms with van der Waals surface area (Å²) in [5.74, 6) is -3.48. The number of carboxylic acids is 2. The molecule has 0 spiro atoms. The minimum Gasteiger partial charge on any atom is -0.481 e. The minimum absolute atomic E-state index is 0.0431. The van der Waals surface area contributed by atoms with Crippen LogP contribution in [0.5, 0.6) is 0 Å². The van der Waals surface area contributed by atoms with E-state index in [2.05, 4.69) is 0 Å². The SMILES string of the molecule is CC(=O)C(CCC(N)=O)CSC(CC(=O)O)C(=O)O.CC=N.CC=N. The van der Waals surface area contributed by atoms with Crippen LogP contribution >= 0.6 is 11.8 Å². The van der Waals surface area contributed by atoms with Crippen molar-refractivity contribution in [2.24, 2.45) is 11.7 Å². The van der Waals surface area contributed by atoms with Gasteiger partial charge in [0.05, 0.1) is 6.42 Å². The van der Waals surface area contributed by atoms with Gasteiger partial charge >= 0.3 is 11.9 Å². The third-order valence-corrected chi connectivity index (χ3v) is 3.81. The van der Waals surface area contributed by atoms with Gasteiger partial charge in [-0.05, 0) is 39.6 Å². The summed E-state index contributed by atoms with van der Waals surface area (Å²) in [6.45, 7) is 4.68. The van der Waals surface area contributed by atoms with Gasteiger partial charge in [0.2, 0.25) is 5.91 Å². The third kappa shape index (κ3) is 21.8. The lowest BCUT2D eigenvalue weighted by molar-refractivity contribution is -0.142. The average Bonchev–Trinajstić information content (AvgIpc) is 2.46. The number of thioether (sulfide) groups is 1. The molecule has 2 unspecified atom stereocenters. The summed E-state index contributed by atoms with van der Waals surface area (Å²) in [6, 6.07) is 0. The number of carboxylic acid groups (broad SMARTS) is 2. The first-order valence-corrected chi connectivity index (χ1v) is 8.37. The Morgan fingerprint density at radius 2 is 1.56 bits per heavy atom. The highest BCUT2D eigenvalue weighted by Gasteiger charge is 2.24. The fraction of sp³-hybridized carbons (Fsp3) is 0.600. The number of hydrogen-bond donors (Lipinski definition) is 5. The summed E-state index contributed by atoms with van der Waals surface area (Å²) < 4.78 is 0. The van der Waals surface area contributed by atoms with Gasteiger partial charge < -0.3 is 26.8 Å². The quantitative estimate of drug-likeness (QED) is 0.356. The van der Waals surface area contributed by atoms with E-state index in [9.17, 15) is 19.2 Å². The lowest BCUT2D eigenvalue weighted by Crippen LogP contribution is -2.24. The number of Topliss-reactive ketones (excluding diaryl/α,β-unsaturated/α-hetero) is 1. The number of aliphatic carboxylic acids is 2. The van der Waals surface area contributed by atoms with E-state index in [4.69, 9.17) is 26.8 Å². The van der Waals surface area contributed by atoms with E-state index in [1.165, 1.54) is 19.4 Å². The Morgan fingerprint density at radius 1 is 1.12 bits per heavy atom. The predicted octanol–water partition coefficient (Wildman–Crippen LogP) is 1.43. The van der Waals surface area contributed by atoms with Crippen LogP contribution in [-0.2, 0) is 19.2 Å². The van der Waals surface area contributed by atoms with Crippen LogP contribution in [0.1, 0.15) is 40.0 Å². The second kappa shape index (κ2) is 18.1. The van der Waals surface area contributed by atoms with Gasteiger partial charge in [-0.1, -0.05) is 0 Å². The van der Waals surface area contributed by atoms with E-state index in [1.807, 2.05) is 0 Å². The van der Waals surface area contributed by atoms with Crippen LogP contribution in [0, 0.1) is 16.7 Å². The zero-order valence-electron chi connectivity index (χ0n) is 14.7. The molecule has 0 rings (SSSR count). The van der Waals surface area contributed by atoms with Gasteiger partial charge in [0.15, 0.2) is 0 Å². The third-order valence-electron chi connectivity index (χ3n) is 2.45. The number of amides is 1. The number of nitrogens with two attached hydrogens (primary N) is 1. The van der Waals surface area contributed by atoms with E-state index >= 15 is 0 Å². The highest BCUT2D eigenvalue weighted by molar-refractivity contribution is 8.00. The van der Waals surface area contributed by atoms with Crippen LogP contribution in [0.15, 0.2) is 0 Å². The van der Waals surface area contributed by atoms with Crippen molar-refractivity contribution in [3.8, 4) is 0 Å². The molecule has 10 heteroatoms. The van der Waals surface area contributed by atoms with Crippen molar-refractivity contribution in [2.75, 3.05) is 5.75 Å². The standard InChI is InChI=1S/C11H17NO6S.2C2H5N/c1-6(13)7(2-3-9(12)14)5-19-8(11(17)18)4-10(15)16;2*1-2-3/h7-8H,2-5H2,1H3,(H2,12,14)(H,15,16)(H,17,18);2*2-3H,1H3. The molecule has 0 saturated carbocycles. The smallest absolute Gasteiger partial charge is 0.317 e. The molecule has 1 amide bonds. The number of primary amides is 1. The zero-order valence-corrected chi connectivity index (χ0v) is 15.5. The Bertz CT molecular complexity index is 451. The van der Waals surface area contributed by atoms with E-state index in [-0.39, 0.29) is 24.4 Å². The van der Waals surface area contributed by atoms with Gasteiger partial charge in [-0.2, -0.15) is 0 Å². The van der Waals surface area contributed by atoms with Gasteiger partial charge in [0.25, 0.3) is 0 Å². The molecule has 0 bridgehead atoms. The van der Waals surface area contributed by atoms with Crippen LogP contribution in [-0.4, -0.2) is 57.3 Å². The summed E-state index contributed by atoms with van der Waals surface area (Å²) >= 11 is 0.893. The number of rotatable bonds is 10. The van der Waals surface area contributed by atoms with Crippen molar-refractivity contribution in [1.29, 1.82) is 10.8 Å². The predicted molar refractivity (Wildman–Crippen MR) is 97.6 cm³/mol. The fourth-order valence-electron chi connectivity index (χ4n) is 1.33. The van der Waals surface area contributed by atoms with E-state index in [1.54, 1.807) is 13.8 Å². The number of ketones is 1. The molecule has 0 aliphatic carbocycles. The number of carbonyl (C=O) groups excluding carboxylic acids is 2. The van der Waals surface area contributed by atoms with Crippen molar-refractivity contribution < 1.29 is 29.4 Å². The molecule has 0 aliphatic heterocycles. The van der Waals surface area contributed by atoms with Crippen molar-refractivity contribution in [3.63, 3.8) is 0 Å². The molecule has 0 aromatic heterocycles. The summed E-state index contributed by atoms with van der Waals surface area (Å²) in [4.78, 5) is 43.3. The van der Waals surface area contributed by atoms with Crippen molar-refractivity contribution in [2.45, 2.75) is 45.3 Å². The van der Waals surface area contributed by atoms with Crippen LogP contribution < -0.4 is 5.73 Å². The zero-order chi connectivity index (χ0) is 20.4. The largest absolute Gasteiger partial charge is 0.481 e. The van der Waals surface area contributed by atoms with E-state index in [0.717, 1.165) is 11.8 Å². The number of hydrogen-bond acceptors (Lipinski definition) is 7. The van der Waals surface area contributed by atoms with Crippen LogP contribution in [0.25, 0.3) is 0 Å². The molecule has 6 N–H and O–H groups in total.